The first-order valence-corrected chi connectivity index (χ1v) is 6.17. The van der Waals surface area contributed by atoms with Gasteiger partial charge in [-0.05, 0) is 24.6 Å². The Morgan fingerprint density at radius 2 is 1.89 bits per heavy atom. The largest absolute Gasteiger partial charge is 0.356 e. The molecule has 102 valence electrons. The molecule has 1 heterocycles. The van der Waals surface area contributed by atoms with Crippen molar-refractivity contribution in [3.05, 3.63) is 41.6 Å². The van der Waals surface area contributed by atoms with Gasteiger partial charge in [0, 0.05) is 23.7 Å². The fraction of sp³-hybridized carbons (Fsp3) is 0.357. The van der Waals surface area contributed by atoms with Crippen LogP contribution in [0.15, 0.2) is 28.9 Å². The van der Waals surface area contributed by atoms with E-state index in [1.165, 1.54) is 12.1 Å². The Kier molecular flexibility index (Phi) is 4.27. The number of benzene rings is 1. The lowest BCUT2D eigenvalue weighted by Crippen LogP contribution is -2.18. The number of hydrogen-bond acceptors (Lipinski definition) is 3. The van der Waals surface area contributed by atoms with Crippen LogP contribution in [0, 0.1) is 17.6 Å². The van der Waals surface area contributed by atoms with Crippen molar-refractivity contribution in [2.24, 2.45) is 5.92 Å². The molecule has 1 aromatic heterocycles. The van der Waals surface area contributed by atoms with Crippen LogP contribution in [0.25, 0.3) is 11.3 Å². The van der Waals surface area contributed by atoms with Crippen molar-refractivity contribution in [2.45, 2.75) is 20.4 Å². The van der Waals surface area contributed by atoms with Crippen LogP contribution >= 0.6 is 0 Å². The topological polar surface area (TPSA) is 38.1 Å². The SMILES string of the molecule is CC(C)CNCc1cnoc1-c1cc(F)cc(F)c1. The second kappa shape index (κ2) is 5.93. The van der Waals surface area contributed by atoms with E-state index in [1.807, 2.05) is 0 Å². The van der Waals surface area contributed by atoms with Gasteiger partial charge in [-0.15, -0.1) is 0 Å². The Labute approximate surface area is 110 Å². The minimum Gasteiger partial charge on any atom is -0.356 e. The number of halogens is 2. The number of nitrogens with one attached hydrogen (secondary N) is 1. The van der Waals surface area contributed by atoms with Crippen molar-refractivity contribution in [1.29, 1.82) is 0 Å². The molecule has 2 aromatic rings. The molecule has 0 aliphatic carbocycles. The van der Waals surface area contributed by atoms with Crippen molar-refractivity contribution >= 4 is 0 Å². The van der Waals surface area contributed by atoms with Crippen LogP contribution < -0.4 is 5.32 Å². The third kappa shape index (κ3) is 3.61. The Balaban J connectivity index is 2.18. The maximum absolute atomic E-state index is 13.2. The number of rotatable bonds is 5. The van der Waals surface area contributed by atoms with Gasteiger partial charge in [-0.2, -0.15) is 0 Å². The minimum absolute atomic E-state index is 0.358. The van der Waals surface area contributed by atoms with Crippen molar-refractivity contribution in [3.8, 4) is 11.3 Å². The first kappa shape index (κ1) is 13.7. The highest BCUT2D eigenvalue weighted by molar-refractivity contribution is 5.60. The molecule has 0 saturated heterocycles. The summed E-state index contributed by atoms with van der Waals surface area (Å²) >= 11 is 0. The van der Waals surface area contributed by atoms with Crippen LogP contribution in [0.2, 0.25) is 0 Å². The summed E-state index contributed by atoms with van der Waals surface area (Å²) in [5.41, 5.74) is 1.14. The van der Waals surface area contributed by atoms with Crippen LogP contribution in [-0.2, 0) is 6.54 Å². The molecule has 0 spiro atoms. The summed E-state index contributed by atoms with van der Waals surface area (Å²) in [4.78, 5) is 0. The van der Waals surface area contributed by atoms with E-state index in [2.05, 4.69) is 24.3 Å². The normalized spacial score (nSPS) is 11.2. The average Bonchev–Trinajstić information content (AvgIpc) is 2.75. The van der Waals surface area contributed by atoms with Crippen LogP contribution in [0.1, 0.15) is 19.4 Å². The molecule has 0 atom stereocenters. The number of nitrogens with zero attached hydrogens (tertiary/aromatic N) is 1. The third-order valence-electron chi connectivity index (χ3n) is 2.64. The van der Waals surface area contributed by atoms with Crippen molar-refractivity contribution in [1.82, 2.24) is 10.5 Å². The van der Waals surface area contributed by atoms with E-state index in [9.17, 15) is 8.78 Å². The van der Waals surface area contributed by atoms with Gasteiger partial charge in [0.1, 0.15) is 11.6 Å². The predicted octanol–water partition coefficient (Wildman–Crippen LogP) is 3.37. The highest BCUT2D eigenvalue weighted by Crippen LogP contribution is 2.25. The Morgan fingerprint density at radius 3 is 2.53 bits per heavy atom. The summed E-state index contributed by atoms with van der Waals surface area (Å²) in [6, 6.07) is 3.29. The second-order valence-electron chi connectivity index (χ2n) is 4.86. The van der Waals surface area contributed by atoms with Crippen LogP contribution in [0.4, 0.5) is 8.78 Å². The molecule has 2 rings (SSSR count). The molecule has 1 aromatic carbocycles. The standard InChI is InChI=1S/C14H16F2N2O/c1-9(2)6-17-7-11-8-18-19-14(11)10-3-12(15)5-13(16)4-10/h3-5,8-9,17H,6-7H2,1-2H3. The minimum atomic E-state index is -0.632. The van der Waals surface area contributed by atoms with Gasteiger partial charge in [-0.25, -0.2) is 8.78 Å². The molecule has 0 unspecified atom stereocenters. The highest BCUT2D eigenvalue weighted by atomic mass is 19.1. The summed E-state index contributed by atoms with van der Waals surface area (Å²) in [5, 5.41) is 6.93. The van der Waals surface area contributed by atoms with Crippen molar-refractivity contribution in [3.63, 3.8) is 0 Å². The highest BCUT2D eigenvalue weighted by Gasteiger charge is 2.12. The molecular weight excluding hydrogens is 250 g/mol. The Morgan fingerprint density at radius 1 is 1.21 bits per heavy atom. The molecule has 0 fully saturated rings. The summed E-state index contributed by atoms with van der Waals surface area (Å²) in [7, 11) is 0. The summed E-state index contributed by atoms with van der Waals surface area (Å²) < 4.78 is 31.5. The van der Waals surface area contributed by atoms with Crippen LogP contribution in [0.5, 0.6) is 0 Å². The zero-order chi connectivity index (χ0) is 13.8. The lowest BCUT2D eigenvalue weighted by Gasteiger charge is -2.07. The van der Waals surface area contributed by atoms with E-state index in [0.29, 0.717) is 23.8 Å². The average molecular weight is 266 g/mol. The summed E-state index contributed by atoms with van der Waals surface area (Å²) in [6.45, 7) is 5.60. The molecular formula is C14H16F2N2O. The van der Waals surface area contributed by atoms with Gasteiger partial charge in [0.05, 0.1) is 6.20 Å². The third-order valence-corrected chi connectivity index (χ3v) is 2.64. The zero-order valence-corrected chi connectivity index (χ0v) is 10.9. The fourth-order valence-corrected chi connectivity index (χ4v) is 1.80. The maximum atomic E-state index is 13.2. The lowest BCUT2D eigenvalue weighted by atomic mass is 10.1. The maximum Gasteiger partial charge on any atom is 0.171 e. The number of aromatic nitrogens is 1. The van der Waals surface area contributed by atoms with E-state index >= 15 is 0 Å². The predicted molar refractivity (Wildman–Crippen MR) is 68.4 cm³/mol. The summed E-state index contributed by atoms with van der Waals surface area (Å²) in [5.74, 6) is -0.343. The molecule has 5 heteroatoms. The quantitative estimate of drug-likeness (QED) is 0.901. The van der Waals surface area contributed by atoms with Gasteiger partial charge < -0.3 is 9.84 Å². The molecule has 0 radical (unpaired) electrons. The van der Waals surface area contributed by atoms with E-state index in [4.69, 9.17) is 4.52 Å². The van der Waals surface area contributed by atoms with Gasteiger partial charge in [0.15, 0.2) is 5.76 Å². The molecule has 0 aliphatic rings. The zero-order valence-electron chi connectivity index (χ0n) is 10.9. The summed E-state index contributed by atoms with van der Waals surface area (Å²) in [6.07, 6.45) is 1.56. The lowest BCUT2D eigenvalue weighted by molar-refractivity contribution is 0.430. The molecule has 0 saturated carbocycles. The molecule has 0 bridgehead atoms. The first-order valence-electron chi connectivity index (χ1n) is 6.17. The second-order valence-corrected chi connectivity index (χ2v) is 4.86. The molecule has 3 nitrogen and oxygen atoms in total. The van der Waals surface area contributed by atoms with Gasteiger partial charge >= 0.3 is 0 Å². The number of hydrogen-bond donors (Lipinski definition) is 1. The van der Waals surface area contributed by atoms with E-state index in [-0.39, 0.29) is 0 Å². The fourth-order valence-electron chi connectivity index (χ4n) is 1.80. The van der Waals surface area contributed by atoms with Crippen LogP contribution in [-0.4, -0.2) is 11.7 Å². The van der Waals surface area contributed by atoms with E-state index in [0.717, 1.165) is 18.2 Å². The first-order chi connectivity index (χ1) is 9.06. The molecule has 0 amide bonds. The monoisotopic (exact) mass is 266 g/mol. The van der Waals surface area contributed by atoms with Gasteiger partial charge in [-0.3, -0.25) is 0 Å². The van der Waals surface area contributed by atoms with Crippen LogP contribution in [0.3, 0.4) is 0 Å². The Bertz CT molecular complexity index is 532. The molecule has 1 N–H and O–H groups in total. The van der Waals surface area contributed by atoms with Gasteiger partial charge in [0.25, 0.3) is 0 Å². The van der Waals surface area contributed by atoms with E-state index < -0.39 is 11.6 Å². The van der Waals surface area contributed by atoms with E-state index in [1.54, 1.807) is 6.20 Å². The molecule has 19 heavy (non-hydrogen) atoms. The van der Waals surface area contributed by atoms with Crippen molar-refractivity contribution < 1.29 is 13.3 Å². The smallest absolute Gasteiger partial charge is 0.171 e. The molecule has 0 aliphatic heterocycles. The van der Waals surface area contributed by atoms with Gasteiger partial charge in [0.2, 0.25) is 0 Å². The Hall–Kier alpha value is -1.75. The van der Waals surface area contributed by atoms with Crippen molar-refractivity contribution in [2.75, 3.05) is 6.54 Å². The van der Waals surface area contributed by atoms with Gasteiger partial charge in [-0.1, -0.05) is 19.0 Å².